The molecule has 1 amide bonds. The molecule has 0 spiro atoms. The average Bonchev–Trinajstić information content (AvgIpc) is 2.60. The van der Waals surface area contributed by atoms with Crippen LogP contribution in [0.5, 0.6) is 11.5 Å². The van der Waals surface area contributed by atoms with Crippen molar-refractivity contribution in [1.29, 1.82) is 0 Å². The van der Waals surface area contributed by atoms with Gasteiger partial charge in [-0.2, -0.15) is 0 Å². The second-order valence-electron chi connectivity index (χ2n) is 7.55. The second kappa shape index (κ2) is 9.47. The molecule has 3 unspecified atom stereocenters. The van der Waals surface area contributed by atoms with Gasteiger partial charge in [-0.05, 0) is 68.7 Å². The lowest BCUT2D eigenvalue weighted by Crippen LogP contribution is -2.49. The number of hydrogen-bond donors (Lipinski definition) is 2. The molecule has 0 radical (unpaired) electrons. The number of methoxy groups -OCH3 is 1. The number of nitrogens with two attached hydrogens (primary N) is 1. The molecule has 0 aliphatic heterocycles. The molecular formula is C20H31ClN2O3. The monoisotopic (exact) mass is 382 g/mol. The van der Waals surface area contributed by atoms with Crippen molar-refractivity contribution in [3.63, 3.8) is 0 Å². The van der Waals surface area contributed by atoms with Crippen molar-refractivity contribution >= 4 is 18.3 Å². The number of hydrogen-bond acceptors (Lipinski definition) is 4. The van der Waals surface area contributed by atoms with Crippen LogP contribution in [-0.4, -0.2) is 31.7 Å². The van der Waals surface area contributed by atoms with Gasteiger partial charge >= 0.3 is 0 Å². The van der Waals surface area contributed by atoms with E-state index in [-0.39, 0.29) is 30.3 Å². The van der Waals surface area contributed by atoms with Gasteiger partial charge in [-0.15, -0.1) is 12.4 Å². The zero-order valence-electron chi connectivity index (χ0n) is 15.6. The van der Waals surface area contributed by atoms with E-state index in [0.717, 1.165) is 24.3 Å². The number of rotatable bonds is 6. The van der Waals surface area contributed by atoms with Crippen LogP contribution in [0.4, 0.5) is 0 Å². The van der Waals surface area contributed by atoms with E-state index >= 15 is 0 Å². The van der Waals surface area contributed by atoms with Gasteiger partial charge in [-0.1, -0.05) is 6.42 Å². The van der Waals surface area contributed by atoms with E-state index in [1.54, 1.807) is 7.11 Å². The molecule has 2 bridgehead atoms. The van der Waals surface area contributed by atoms with Crippen molar-refractivity contribution in [1.82, 2.24) is 5.32 Å². The van der Waals surface area contributed by atoms with Gasteiger partial charge in [0.15, 0.2) is 0 Å². The first kappa shape index (κ1) is 20.8. The molecule has 26 heavy (non-hydrogen) atoms. The third-order valence-electron chi connectivity index (χ3n) is 5.74. The van der Waals surface area contributed by atoms with E-state index in [1.165, 1.54) is 19.3 Å². The van der Waals surface area contributed by atoms with Gasteiger partial charge in [-0.3, -0.25) is 4.79 Å². The quantitative estimate of drug-likeness (QED) is 0.792. The lowest BCUT2D eigenvalue weighted by molar-refractivity contribution is -0.128. The normalized spacial score (nSPS) is 28.4. The highest BCUT2D eigenvalue weighted by molar-refractivity contribution is 5.85. The molecular weight excluding hydrogens is 352 g/mol. The lowest BCUT2D eigenvalue weighted by Gasteiger charge is -2.43. The average molecular weight is 383 g/mol. The maximum atomic E-state index is 12.6. The number of carbonyl (C=O) groups is 1. The first-order valence-corrected chi connectivity index (χ1v) is 9.41. The highest BCUT2D eigenvalue weighted by Gasteiger charge is 2.40. The van der Waals surface area contributed by atoms with Gasteiger partial charge < -0.3 is 20.5 Å². The number of ether oxygens (including phenoxy) is 2. The second-order valence-corrected chi connectivity index (χ2v) is 7.55. The van der Waals surface area contributed by atoms with Crippen LogP contribution in [0.2, 0.25) is 0 Å². The largest absolute Gasteiger partial charge is 0.497 e. The Labute approximate surface area is 162 Å². The van der Waals surface area contributed by atoms with E-state index in [0.29, 0.717) is 24.4 Å². The van der Waals surface area contributed by atoms with E-state index in [1.807, 2.05) is 31.2 Å². The van der Waals surface area contributed by atoms with Crippen LogP contribution in [0.15, 0.2) is 24.3 Å². The smallest absolute Gasteiger partial charge is 0.223 e. The molecule has 5 nitrogen and oxygen atoms in total. The molecule has 3 N–H and O–H groups in total. The summed E-state index contributed by atoms with van der Waals surface area (Å²) >= 11 is 0. The van der Waals surface area contributed by atoms with E-state index in [9.17, 15) is 4.79 Å². The van der Waals surface area contributed by atoms with Crippen molar-refractivity contribution in [2.75, 3.05) is 13.7 Å². The molecule has 2 aliphatic rings. The molecule has 2 aliphatic carbocycles. The summed E-state index contributed by atoms with van der Waals surface area (Å²) in [7, 11) is 1.64. The highest BCUT2D eigenvalue weighted by atomic mass is 35.5. The van der Waals surface area contributed by atoms with Crippen LogP contribution in [0.3, 0.4) is 0 Å². The Hall–Kier alpha value is -1.46. The fraction of sp³-hybridized carbons (Fsp3) is 0.650. The predicted octanol–water partition coefficient (Wildman–Crippen LogP) is 3.15. The summed E-state index contributed by atoms with van der Waals surface area (Å²) in [6.45, 7) is 2.48. The van der Waals surface area contributed by atoms with E-state index in [2.05, 4.69) is 5.32 Å². The molecule has 3 atom stereocenters. The zero-order chi connectivity index (χ0) is 17.8. The predicted molar refractivity (Wildman–Crippen MR) is 105 cm³/mol. The summed E-state index contributed by atoms with van der Waals surface area (Å²) in [5.74, 6) is 2.90. The third-order valence-corrected chi connectivity index (χ3v) is 5.74. The Morgan fingerprint density at radius 3 is 2.35 bits per heavy atom. The zero-order valence-corrected chi connectivity index (χ0v) is 16.5. The minimum absolute atomic E-state index is 0. The highest BCUT2D eigenvalue weighted by Crippen LogP contribution is 2.41. The van der Waals surface area contributed by atoms with Crippen molar-refractivity contribution in [2.24, 2.45) is 23.5 Å². The number of amides is 1. The first-order chi connectivity index (χ1) is 12.1. The van der Waals surface area contributed by atoms with E-state index in [4.69, 9.17) is 15.2 Å². The van der Waals surface area contributed by atoms with Gasteiger partial charge in [0, 0.05) is 12.0 Å². The van der Waals surface area contributed by atoms with Gasteiger partial charge in [0.05, 0.1) is 13.7 Å². The Kier molecular flexibility index (Phi) is 7.59. The Morgan fingerprint density at radius 2 is 1.77 bits per heavy atom. The molecule has 1 aromatic rings. The van der Waals surface area contributed by atoms with Crippen molar-refractivity contribution in [3.8, 4) is 11.5 Å². The van der Waals surface area contributed by atoms with Crippen LogP contribution in [-0.2, 0) is 4.79 Å². The molecule has 2 saturated carbocycles. The van der Waals surface area contributed by atoms with Gasteiger partial charge in [0.2, 0.25) is 5.91 Å². The van der Waals surface area contributed by atoms with Crippen LogP contribution < -0.4 is 20.5 Å². The topological polar surface area (TPSA) is 73.6 Å². The Morgan fingerprint density at radius 1 is 1.19 bits per heavy atom. The summed E-state index contributed by atoms with van der Waals surface area (Å²) in [4.78, 5) is 12.6. The van der Waals surface area contributed by atoms with Gasteiger partial charge in [-0.25, -0.2) is 0 Å². The van der Waals surface area contributed by atoms with Crippen LogP contribution in [0, 0.1) is 17.8 Å². The molecule has 0 heterocycles. The summed E-state index contributed by atoms with van der Waals surface area (Å²) in [5, 5.41) is 3.07. The maximum Gasteiger partial charge on any atom is 0.223 e. The summed E-state index contributed by atoms with van der Waals surface area (Å²) in [6, 6.07) is 7.78. The van der Waals surface area contributed by atoms with Crippen molar-refractivity contribution in [2.45, 2.75) is 51.2 Å². The van der Waals surface area contributed by atoms with E-state index < -0.39 is 0 Å². The third kappa shape index (κ3) is 5.04. The number of carbonyl (C=O) groups excluding carboxylic acids is 1. The van der Waals surface area contributed by atoms with Crippen LogP contribution in [0.1, 0.15) is 39.0 Å². The number of benzene rings is 1. The molecule has 2 fully saturated rings. The molecule has 3 rings (SSSR count). The molecule has 0 saturated heterocycles. The molecule has 146 valence electrons. The van der Waals surface area contributed by atoms with Crippen LogP contribution in [0.25, 0.3) is 0 Å². The minimum Gasteiger partial charge on any atom is -0.497 e. The SMILES string of the molecule is COc1ccc(OC(C)CNC(=O)C2CC3CCCC(C2)C3N)cc1.Cl. The minimum atomic E-state index is -0.0808. The van der Waals surface area contributed by atoms with Gasteiger partial charge in [0.25, 0.3) is 0 Å². The Bertz CT molecular complexity index is 567. The summed E-state index contributed by atoms with van der Waals surface area (Å²) in [5.41, 5.74) is 6.31. The lowest BCUT2D eigenvalue weighted by atomic mass is 9.65. The van der Waals surface area contributed by atoms with Gasteiger partial charge in [0.1, 0.15) is 17.6 Å². The fourth-order valence-electron chi connectivity index (χ4n) is 4.32. The Balaban J connectivity index is 0.00000243. The standard InChI is InChI=1S/C20H30N2O3.ClH/c1-13(25-18-8-6-17(24-2)7-9-18)12-22-20(23)16-10-14-4-3-5-15(11-16)19(14)21;/h6-9,13-16,19H,3-5,10-12,21H2,1-2H3,(H,22,23);1H. The number of fused-ring (bicyclic) bond motifs is 2. The summed E-state index contributed by atoms with van der Waals surface area (Å²) in [6.07, 6.45) is 5.43. The molecule has 1 aromatic carbocycles. The van der Waals surface area contributed by atoms with Crippen LogP contribution >= 0.6 is 12.4 Å². The number of nitrogens with one attached hydrogen (secondary N) is 1. The van der Waals surface area contributed by atoms with Crippen molar-refractivity contribution < 1.29 is 14.3 Å². The molecule has 6 heteroatoms. The maximum absolute atomic E-state index is 12.6. The first-order valence-electron chi connectivity index (χ1n) is 9.41. The number of halogens is 1. The molecule has 0 aromatic heterocycles. The van der Waals surface area contributed by atoms with Crippen molar-refractivity contribution in [3.05, 3.63) is 24.3 Å². The summed E-state index contributed by atoms with van der Waals surface area (Å²) < 4.78 is 11.0. The fourth-order valence-corrected chi connectivity index (χ4v) is 4.32.